The van der Waals surface area contributed by atoms with Crippen LogP contribution in [0.5, 0.6) is 0 Å². The van der Waals surface area contributed by atoms with Crippen LogP contribution in [0.4, 0.5) is 0 Å². The van der Waals surface area contributed by atoms with Crippen LogP contribution in [0.2, 0.25) is 0 Å². The van der Waals surface area contributed by atoms with Gasteiger partial charge < -0.3 is 5.11 Å². The summed E-state index contributed by atoms with van der Waals surface area (Å²) >= 11 is 0. The summed E-state index contributed by atoms with van der Waals surface area (Å²) in [5.74, 6) is 0.0447. The van der Waals surface area contributed by atoms with Gasteiger partial charge in [-0.2, -0.15) is 0 Å². The number of hydrogen-bond donors (Lipinski definition) is 1. The van der Waals surface area contributed by atoms with Gasteiger partial charge in [0.1, 0.15) is 6.04 Å². The third-order valence-electron chi connectivity index (χ3n) is 2.60. The Morgan fingerprint density at radius 2 is 2.40 bits per heavy atom. The molecule has 0 amide bonds. The van der Waals surface area contributed by atoms with Crippen molar-refractivity contribution < 1.29 is 9.90 Å². The van der Waals surface area contributed by atoms with Gasteiger partial charge in [0, 0.05) is 6.54 Å². The van der Waals surface area contributed by atoms with Crippen LogP contribution in [0.3, 0.4) is 0 Å². The molecular formula is C7H11NO2. The molecule has 2 rings (SSSR count). The predicted octanol–water partition coefficient (Wildman–Crippen LogP) is 0.165. The third kappa shape index (κ3) is 0.736. The summed E-state index contributed by atoms with van der Waals surface area (Å²) in [5.41, 5.74) is 0. The Bertz CT molecular complexity index is 169. The molecule has 3 atom stereocenters. The molecule has 2 saturated heterocycles. The zero-order valence-corrected chi connectivity index (χ0v) is 5.79. The molecule has 0 radical (unpaired) electrons. The number of piperidine rings is 1. The van der Waals surface area contributed by atoms with Gasteiger partial charge in [-0.25, -0.2) is 0 Å². The Kier molecular flexibility index (Phi) is 1.20. The number of carbonyl (C=O) groups is 1. The minimum absolute atomic E-state index is 0.154. The molecule has 10 heavy (non-hydrogen) atoms. The fourth-order valence-electron chi connectivity index (χ4n) is 2.06. The number of fused-ring (bicyclic) bond motifs is 2. The first kappa shape index (κ1) is 6.16. The molecule has 0 aromatic heterocycles. The minimum atomic E-state index is -0.637. The predicted molar refractivity (Wildman–Crippen MR) is 35.7 cm³/mol. The van der Waals surface area contributed by atoms with E-state index >= 15 is 0 Å². The van der Waals surface area contributed by atoms with Crippen molar-refractivity contribution in [2.45, 2.75) is 18.9 Å². The molecule has 1 unspecified atom stereocenters. The Morgan fingerprint density at radius 1 is 1.60 bits per heavy atom. The fourth-order valence-corrected chi connectivity index (χ4v) is 2.06. The van der Waals surface area contributed by atoms with Crippen LogP contribution in [-0.4, -0.2) is 35.1 Å². The van der Waals surface area contributed by atoms with E-state index in [1.165, 1.54) is 6.42 Å². The quantitative estimate of drug-likeness (QED) is 0.565. The molecule has 0 aromatic rings. The third-order valence-corrected chi connectivity index (χ3v) is 2.60. The first-order chi connectivity index (χ1) is 4.77. The van der Waals surface area contributed by atoms with Gasteiger partial charge in [-0.3, -0.25) is 9.69 Å². The van der Waals surface area contributed by atoms with Crippen molar-refractivity contribution in [2.75, 3.05) is 13.1 Å². The van der Waals surface area contributed by atoms with Gasteiger partial charge in [0.15, 0.2) is 0 Å². The number of carboxylic acid groups (broad SMARTS) is 1. The molecule has 2 aliphatic rings. The highest BCUT2D eigenvalue weighted by molar-refractivity contribution is 5.74. The zero-order valence-electron chi connectivity index (χ0n) is 5.79. The summed E-state index contributed by atoms with van der Waals surface area (Å²) in [4.78, 5) is 12.6. The summed E-state index contributed by atoms with van der Waals surface area (Å²) in [5, 5.41) is 8.69. The zero-order chi connectivity index (χ0) is 7.14. The van der Waals surface area contributed by atoms with Crippen molar-refractivity contribution in [1.29, 1.82) is 0 Å². The van der Waals surface area contributed by atoms with Gasteiger partial charge >= 0.3 is 5.97 Å². The summed E-state index contributed by atoms with van der Waals surface area (Å²) in [6.07, 6.45) is 2.10. The first-order valence-corrected chi connectivity index (χ1v) is 3.74. The molecule has 0 saturated carbocycles. The van der Waals surface area contributed by atoms with E-state index in [0.29, 0.717) is 5.92 Å². The molecular weight excluding hydrogens is 130 g/mol. The molecule has 56 valence electrons. The summed E-state index contributed by atoms with van der Waals surface area (Å²) in [7, 11) is 0. The summed E-state index contributed by atoms with van der Waals surface area (Å²) in [6, 6.07) is -0.154. The maximum absolute atomic E-state index is 10.5. The topological polar surface area (TPSA) is 40.5 Å². The molecule has 2 aliphatic heterocycles. The van der Waals surface area contributed by atoms with E-state index < -0.39 is 5.97 Å². The Balaban J connectivity index is 2.08. The average Bonchev–Trinajstić information content (AvgIpc) is 2.44. The molecule has 3 heteroatoms. The van der Waals surface area contributed by atoms with E-state index in [4.69, 9.17) is 5.11 Å². The number of nitrogens with zero attached hydrogens (tertiary/aromatic N) is 1. The van der Waals surface area contributed by atoms with Crippen molar-refractivity contribution in [3.63, 3.8) is 0 Å². The molecule has 0 aromatic carbocycles. The Labute approximate surface area is 59.6 Å². The highest BCUT2D eigenvalue weighted by atomic mass is 16.4. The van der Waals surface area contributed by atoms with E-state index in [-0.39, 0.29) is 6.04 Å². The molecule has 1 N–H and O–H groups in total. The summed E-state index contributed by atoms with van der Waals surface area (Å²) in [6.45, 7) is 2.03. The van der Waals surface area contributed by atoms with Crippen molar-refractivity contribution in [3.8, 4) is 0 Å². The lowest BCUT2D eigenvalue weighted by Gasteiger charge is -2.19. The van der Waals surface area contributed by atoms with Gasteiger partial charge in [0.05, 0.1) is 0 Å². The Morgan fingerprint density at radius 3 is 2.70 bits per heavy atom. The standard InChI is InChI=1S/C7H11NO2/c9-7(10)6-3-5-1-2-8(6)4-5/h5-6H,1-4H2,(H,9,10)/t5-,6-/m0/s1. The van der Waals surface area contributed by atoms with E-state index in [1.54, 1.807) is 0 Å². The highest BCUT2D eigenvalue weighted by Crippen LogP contribution is 2.32. The van der Waals surface area contributed by atoms with Crippen molar-refractivity contribution in [1.82, 2.24) is 4.90 Å². The second kappa shape index (κ2) is 1.95. The van der Waals surface area contributed by atoms with E-state index in [1.807, 2.05) is 0 Å². The maximum Gasteiger partial charge on any atom is 0.320 e. The number of aliphatic carboxylic acids is 1. The van der Waals surface area contributed by atoms with Gasteiger partial charge in [0.25, 0.3) is 0 Å². The highest BCUT2D eigenvalue weighted by Gasteiger charge is 2.40. The van der Waals surface area contributed by atoms with E-state index in [0.717, 1.165) is 19.5 Å². The lowest BCUT2D eigenvalue weighted by molar-refractivity contribution is -0.142. The fraction of sp³-hybridized carbons (Fsp3) is 0.857. The molecule has 0 spiro atoms. The van der Waals surface area contributed by atoms with Crippen molar-refractivity contribution in [2.24, 2.45) is 5.92 Å². The van der Waals surface area contributed by atoms with Crippen LogP contribution in [0.1, 0.15) is 12.8 Å². The van der Waals surface area contributed by atoms with Gasteiger partial charge in [-0.1, -0.05) is 0 Å². The molecule has 0 aliphatic carbocycles. The van der Waals surface area contributed by atoms with Crippen LogP contribution >= 0.6 is 0 Å². The largest absolute Gasteiger partial charge is 0.480 e. The first-order valence-electron chi connectivity index (χ1n) is 3.74. The van der Waals surface area contributed by atoms with Crippen molar-refractivity contribution >= 4 is 5.97 Å². The number of rotatable bonds is 1. The average molecular weight is 141 g/mol. The second-order valence-electron chi connectivity index (χ2n) is 3.24. The van der Waals surface area contributed by atoms with E-state index in [2.05, 4.69) is 4.90 Å². The van der Waals surface area contributed by atoms with Gasteiger partial charge in [-0.05, 0) is 25.3 Å². The number of hydrogen-bond acceptors (Lipinski definition) is 2. The van der Waals surface area contributed by atoms with Crippen LogP contribution in [-0.2, 0) is 4.79 Å². The Hall–Kier alpha value is -0.570. The van der Waals surface area contributed by atoms with Crippen LogP contribution in [0.25, 0.3) is 0 Å². The van der Waals surface area contributed by atoms with Crippen LogP contribution in [0, 0.1) is 5.92 Å². The van der Waals surface area contributed by atoms with Crippen molar-refractivity contribution in [3.05, 3.63) is 0 Å². The van der Waals surface area contributed by atoms with Crippen LogP contribution in [0.15, 0.2) is 0 Å². The van der Waals surface area contributed by atoms with Gasteiger partial charge in [-0.15, -0.1) is 0 Å². The normalized spacial score (nSPS) is 44.2. The summed E-state index contributed by atoms with van der Waals surface area (Å²) < 4.78 is 0. The minimum Gasteiger partial charge on any atom is -0.480 e. The maximum atomic E-state index is 10.5. The number of carboxylic acids is 1. The lowest BCUT2D eigenvalue weighted by Crippen LogP contribution is -2.36. The lowest BCUT2D eigenvalue weighted by atomic mass is 10.0. The molecule has 2 bridgehead atoms. The molecule has 2 heterocycles. The second-order valence-corrected chi connectivity index (χ2v) is 3.24. The van der Waals surface area contributed by atoms with E-state index in [9.17, 15) is 4.79 Å². The van der Waals surface area contributed by atoms with Crippen LogP contribution < -0.4 is 0 Å². The smallest absolute Gasteiger partial charge is 0.320 e. The van der Waals surface area contributed by atoms with Gasteiger partial charge in [0.2, 0.25) is 0 Å². The SMILES string of the molecule is O=C(O)[C@@H]1C[C@@H]2CCN1C2. The monoisotopic (exact) mass is 141 g/mol. The molecule has 3 nitrogen and oxygen atoms in total. The molecule has 2 fully saturated rings.